The van der Waals surface area contributed by atoms with Crippen molar-refractivity contribution in [3.8, 4) is 11.4 Å². The molecule has 0 saturated heterocycles. The van der Waals surface area contributed by atoms with E-state index < -0.39 is 0 Å². The van der Waals surface area contributed by atoms with Crippen molar-refractivity contribution in [3.05, 3.63) is 72.3 Å². The van der Waals surface area contributed by atoms with Crippen molar-refractivity contribution < 1.29 is 4.74 Å². The Morgan fingerprint density at radius 3 is 2.11 bits per heavy atom. The number of nitrogens with zero attached hydrogens (tertiary/aromatic N) is 2. The molecule has 0 fully saturated rings. The van der Waals surface area contributed by atoms with Crippen LogP contribution in [0.3, 0.4) is 0 Å². The van der Waals surface area contributed by atoms with Gasteiger partial charge in [-0.1, -0.05) is 60.7 Å². The van der Waals surface area contributed by atoms with Gasteiger partial charge in [0.05, 0.1) is 6.61 Å². The van der Waals surface area contributed by atoms with Gasteiger partial charge >= 0.3 is 0 Å². The monoisotopic (exact) mass is 362 g/mol. The molecule has 0 bridgehead atoms. The average molecular weight is 362 g/mol. The molecule has 5 heteroatoms. The van der Waals surface area contributed by atoms with Gasteiger partial charge in [0.1, 0.15) is 11.6 Å². The highest BCUT2D eigenvalue weighted by molar-refractivity contribution is 5.61. The SMILES string of the molecule is COCCNc1cc(NCCCc2ccccc2)nc(-c2ccccc2)n1. The van der Waals surface area contributed by atoms with Crippen LogP contribution in [0.4, 0.5) is 11.6 Å². The number of methoxy groups -OCH3 is 1. The molecule has 2 aromatic carbocycles. The molecule has 1 heterocycles. The summed E-state index contributed by atoms with van der Waals surface area (Å²) in [6, 6.07) is 22.5. The second-order valence-corrected chi connectivity index (χ2v) is 6.26. The number of ether oxygens (including phenoxy) is 1. The summed E-state index contributed by atoms with van der Waals surface area (Å²) in [7, 11) is 1.69. The van der Waals surface area contributed by atoms with Gasteiger partial charge in [-0.05, 0) is 18.4 Å². The minimum absolute atomic E-state index is 0.629. The van der Waals surface area contributed by atoms with Crippen LogP contribution in [0.1, 0.15) is 12.0 Å². The number of benzene rings is 2. The molecular formula is C22H26N4O. The normalized spacial score (nSPS) is 10.6. The Morgan fingerprint density at radius 1 is 0.815 bits per heavy atom. The highest BCUT2D eigenvalue weighted by Crippen LogP contribution is 2.20. The first-order valence-electron chi connectivity index (χ1n) is 9.30. The van der Waals surface area contributed by atoms with Gasteiger partial charge in [-0.2, -0.15) is 0 Å². The van der Waals surface area contributed by atoms with Crippen LogP contribution in [-0.2, 0) is 11.2 Å². The Balaban J connectivity index is 1.66. The molecule has 0 unspecified atom stereocenters. The lowest BCUT2D eigenvalue weighted by atomic mass is 10.1. The van der Waals surface area contributed by atoms with Gasteiger partial charge in [0, 0.05) is 31.8 Å². The van der Waals surface area contributed by atoms with Crippen LogP contribution >= 0.6 is 0 Å². The maximum Gasteiger partial charge on any atom is 0.163 e. The van der Waals surface area contributed by atoms with Crippen LogP contribution < -0.4 is 10.6 Å². The topological polar surface area (TPSA) is 59.1 Å². The predicted molar refractivity (Wildman–Crippen MR) is 111 cm³/mol. The number of hydrogen-bond acceptors (Lipinski definition) is 5. The van der Waals surface area contributed by atoms with E-state index in [0.717, 1.165) is 36.6 Å². The Morgan fingerprint density at radius 2 is 1.44 bits per heavy atom. The zero-order valence-corrected chi connectivity index (χ0v) is 15.7. The van der Waals surface area contributed by atoms with Crippen LogP contribution in [0.5, 0.6) is 0 Å². The summed E-state index contributed by atoms with van der Waals surface area (Å²) in [4.78, 5) is 9.32. The number of aromatic nitrogens is 2. The lowest BCUT2D eigenvalue weighted by molar-refractivity contribution is 0.210. The van der Waals surface area contributed by atoms with E-state index in [1.807, 2.05) is 42.5 Å². The molecule has 0 amide bonds. The fourth-order valence-corrected chi connectivity index (χ4v) is 2.78. The molecule has 2 N–H and O–H groups in total. The quantitative estimate of drug-likeness (QED) is 0.528. The van der Waals surface area contributed by atoms with E-state index in [9.17, 15) is 0 Å². The van der Waals surface area contributed by atoms with Gasteiger partial charge in [0.25, 0.3) is 0 Å². The van der Waals surface area contributed by atoms with Gasteiger partial charge in [0.15, 0.2) is 5.82 Å². The van der Waals surface area contributed by atoms with E-state index in [-0.39, 0.29) is 0 Å². The van der Waals surface area contributed by atoms with Crippen molar-refractivity contribution in [2.75, 3.05) is 37.4 Å². The molecule has 0 atom stereocenters. The van der Waals surface area contributed by atoms with Gasteiger partial charge in [-0.25, -0.2) is 9.97 Å². The largest absolute Gasteiger partial charge is 0.383 e. The van der Waals surface area contributed by atoms with Gasteiger partial charge in [-0.15, -0.1) is 0 Å². The van der Waals surface area contributed by atoms with Crippen molar-refractivity contribution in [1.82, 2.24) is 9.97 Å². The van der Waals surface area contributed by atoms with Crippen molar-refractivity contribution in [2.45, 2.75) is 12.8 Å². The summed E-state index contributed by atoms with van der Waals surface area (Å²) in [6.07, 6.45) is 2.09. The third kappa shape index (κ3) is 6.08. The van der Waals surface area contributed by atoms with E-state index in [4.69, 9.17) is 4.74 Å². The summed E-state index contributed by atoms with van der Waals surface area (Å²) in [6.45, 7) is 2.19. The molecule has 0 aliphatic rings. The zero-order valence-electron chi connectivity index (χ0n) is 15.7. The number of anilines is 2. The number of hydrogen-bond donors (Lipinski definition) is 2. The molecule has 0 aliphatic heterocycles. The molecule has 3 rings (SSSR count). The molecule has 0 aliphatic carbocycles. The molecule has 0 radical (unpaired) electrons. The third-order valence-electron chi connectivity index (χ3n) is 4.16. The first-order chi connectivity index (χ1) is 13.3. The van der Waals surface area contributed by atoms with Crippen LogP contribution in [0.25, 0.3) is 11.4 Å². The highest BCUT2D eigenvalue weighted by atomic mass is 16.5. The summed E-state index contributed by atoms with van der Waals surface area (Å²) in [5.74, 6) is 2.34. The summed E-state index contributed by atoms with van der Waals surface area (Å²) in [5.41, 5.74) is 2.36. The van der Waals surface area contributed by atoms with Gasteiger partial charge in [0.2, 0.25) is 0 Å². The average Bonchev–Trinajstić information content (AvgIpc) is 2.73. The molecule has 5 nitrogen and oxygen atoms in total. The number of rotatable bonds is 10. The Kier molecular flexibility index (Phi) is 7.18. The summed E-state index contributed by atoms with van der Waals surface area (Å²) >= 11 is 0. The van der Waals surface area contributed by atoms with Gasteiger partial charge < -0.3 is 15.4 Å². The molecule has 27 heavy (non-hydrogen) atoms. The maximum atomic E-state index is 5.11. The van der Waals surface area contributed by atoms with Crippen LogP contribution in [0, 0.1) is 0 Å². The Bertz CT molecular complexity index is 809. The molecule has 1 aromatic heterocycles. The minimum Gasteiger partial charge on any atom is -0.383 e. The number of nitrogens with one attached hydrogen (secondary N) is 2. The van der Waals surface area contributed by atoms with Crippen LogP contribution in [0.2, 0.25) is 0 Å². The maximum absolute atomic E-state index is 5.11. The zero-order chi connectivity index (χ0) is 18.7. The van der Waals surface area contributed by atoms with E-state index in [1.54, 1.807) is 7.11 Å². The second kappa shape index (κ2) is 10.3. The Hall–Kier alpha value is -2.92. The molecule has 0 spiro atoms. The lowest BCUT2D eigenvalue weighted by Crippen LogP contribution is -2.11. The molecule has 0 saturated carbocycles. The van der Waals surface area contributed by atoms with E-state index in [2.05, 4.69) is 44.9 Å². The van der Waals surface area contributed by atoms with Crippen molar-refractivity contribution in [3.63, 3.8) is 0 Å². The standard InChI is InChI=1S/C22H26N4O/c1-27-16-15-24-21-17-20(23-14-8-11-18-9-4-2-5-10-18)25-22(26-21)19-12-6-3-7-13-19/h2-7,9-10,12-13,17H,8,11,14-16H2,1H3,(H2,23,24,25,26). The van der Waals surface area contributed by atoms with E-state index in [1.165, 1.54) is 5.56 Å². The molecular weight excluding hydrogens is 336 g/mol. The van der Waals surface area contributed by atoms with Crippen molar-refractivity contribution in [1.29, 1.82) is 0 Å². The van der Waals surface area contributed by atoms with E-state index >= 15 is 0 Å². The van der Waals surface area contributed by atoms with E-state index in [0.29, 0.717) is 19.0 Å². The summed E-state index contributed by atoms with van der Waals surface area (Å²) in [5, 5.41) is 6.73. The number of aryl methyl sites for hydroxylation is 1. The van der Waals surface area contributed by atoms with Crippen molar-refractivity contribution in [2.24, 2.45) is 0 Å². The first-order valence-corrected chi connectivity index (χ1v) is 9.30. The Labute approximate surface area is 160 Å². The first kappa shape index (κ1) is 18.9. The molecule has 140 valence electrons. The smallest absolute Gasteiger partial charge is 0.163 e. The molecule has 3 aromatic rings. The lowest BCUT2D eigenvalue weighted by Gasteiger charge is -2.11. The third-order valence-corrected chi connectivity index (χ3v) is 4.16. The van der Waals surface area contributed by atoms with Crippen LogP contribution in [0.15, 0.2) is 66.7 Å². The second-order valence-electron chi connectivity index (χ2n) is 6.26. The highest BCUT2D eigenvalue weighted by Gasteiger charge is 2.07. The predicted octanol–water partition coefficient (Wildman–Crippen LogP) is 4.25. The fourth-order valence-electron chi connectivity index (χ4n) is 2.78. The van der Waals surface area contributed by atoms with Gasteiger partial charge in [-0.3, -0.25) is 0 Å². The fraction of sp³-hybridized carbons (Fsp3) is 0.273. The van der Waals surface area contributed by atoms with Crippen LogP contribution in [-0.4, -0.2) is 36.8 Å². The summed E-state index contributed by atoms with van der Waals surface area (Å²) < 4.78 is 5.11. The minimum atomic E-state index is 0.629. The van der Waals surface area contributed by atoms with Crippen molar-refractivity contribution >= 4 is 11.6 Å².